The summed E-state index contributed by atoms with van der Waals surface area (Å²) in [6.07, 6.45) is 3.12. The number of alkyl carbamates (subject to hydrolysis) is 1. The number of nitrogens with zero attached hydrogens (tertiary/aromatic N) is 2. The molecule has 0 aliphatic rings. The van der Waals surface area contributed by atoms with Crippen molar-refractivity contribution >= 4 is 6.09 Å². The van der Waals surface area contributed by atoms with Crippen molar-refractivity contribution in [3.05, 3.63) is 54.1 Å². The van der Waals surface area contributed by atoms with Crippen molar-refractivity contribution in [1.82, 2.24) is 14.9 Å². The minimum absolute atomic E-state index is 0.176. The summed E-state index contributed by atoms with van der Waals surface area (Å²) in [4.78, 5) is 15.8. The van der Waals surface area contributed by atoms with Gasteiger partial charge in [0.25, 0.3) is 0 Å². The lowest BCUT2D eigenvalue weighted by Gasteiger charge is -2.11. The first kappa shape index (κ1) is 13.1. The molecule has 2 aromatic rings. The van der Waals surface area contributed by atoms with E-state index in [-0.39, 0.29) is 12.6 Å². The summed E-state index contributed by atoms with van der Waals surface area (Å²) < 4.78 is 6.98. The number of aromatic nitrogens is 2. The Kier molecular flexibility index (Phi) is 4.18. The molecule has 0 bridgehead atoms. The molecule has 0 spiro atoms. The minimum Gasteiger partial charge on any atom is -0.445 e. The molecular weight excluding hydrogens is 242 g/mol. The van der Waals surface area contributed by atoms with Gasteiger partial charge < -0.3 is 14.6 Å². The quantitative estimate of drug-likeness (QED) is 0.917. The standard InChI is InChI=1S/C14H17N3O2/c1-11(13-8-17(2)10-15-13)16-14(18)19-9-12-6-4-3-5-7-12/h3-8,10-11H,9H2,1-2H3,(H,16,18). The fraction of sp³-hybridized carbons (Fsp3) is 0.286. The molecule has 2 rings (SSSR count). The van der Waals surface area contributed by atoms with Gasteiger partial charge in [0, 0.05) is 13.2 Å². The van der Waals surface area contributed by atoms with Crippen LogP contribution >= 0.6 is 0 Å². The molecule has 5 heteroatoms. The van der Waals surface area contributed by atoms with Crippen molar-refractivity contribution in [2.24, 2.45) is 7.05 Å². The van der Waals surface area contributed by atoms with Crippen LogP contribution in [-0.4, -0.2) is 15.6 Å². The molecule has 0 aliphatic heterocycles. The molecule has 0 saturated carbocycles. The van der Waals surface area contributed by atoms with Crippen LogP contribution in [0.2, 0.25) is 0 Å². The van der Waals surface area contributed by atoms with Gasteiger partial charge in [-0.15, -0.1) is 0 Å². The van der Waals surface area contributed by atoms with Gasteiger partial charge in [-0.3, -0.25) is 0 Å². The molecular formula is C14H17N3O2. The van der Waals surface area contributed by atoms with E-state index in [0.717, 1.165) is 11.3 Å². The Balaban J connectivity index is 1.81. The third-order valence-electron chi connectivity index (χ3n) is 2.72. The lowest BCUT2D eigenvalue weighted by Crippen LogP contribution is -2.27. The topological polar surface area (TPSA) is 56.1 Å². The summed E-state index contributed by atoms with van der Waals surface area (Å²) in [7, 11) is 1.89. The Labute approximate surface area is 112 Å². The maximum Gasteiger partial charge on any atom is 0.407 e. The zero-order chi connectivity index (χ0) is 13.7. The highest BCUT2D eigenvalue weighted by Gasteiger charge is 2.12. The summed E-state index contributed by atoms with van der Waals surface area (Å²) in [6.45, 7) is 2.13. The van der Waals surface area contributed by atoms with Crippen LogP contribution < -0.4 is 5.32 Å². The second-order valence-corrected chi connectivity index (χ2v) is 4.39. The van der Waals surface area contributed by atoms with Crippen molar-refractivity contribution in [2.75, 3.05) is 0 Å². The number of imidazole rings is 1. The van der Waals surface area contributed by atoms with Crippen LogP contribution in [0.5, 0.6) is 0 Å². The molecule has 1 unspecified atom stereocenters. The third kappa shape index (κ3) is 3.84. The third-order valence-corrected chi connectivity index (χ3v) is 2.72. The maximum atomic E-state index is 11.6. The molecule has 5 nitrogen and oxygen atoms in total. The second kappa shape index (κ2) is 6.04. The van der Waals surface area contributed by atoms with Crippen molar-refractivity contribution in [2.45, 2.75) is 19.6 Å². The zero-order valence-electron chi connectivity index (χ0n) is 11.0. The van der Waals surface area contributed by atoms with Crippen LogP contribution in [0.1, 0.15) is 24.2 Å². The SMILES string of the molecule is CC(NC(=O)OCc1ccccc1)c1cn(C)cn1. The number of carbonyl (C=O) groups excluding carboxylic acids is 1. The Morgan fingerprint density at radius 1 is 1.42 bits per heavy atom. The first-order valence-corrected chi connectivity index (χ1v) is 6.10. The molecule has 100 valence electrons. The van der Waals surface area contributed by atoms with E-state index >= 15 is 0 Å². The summed E-state index contributed by atoms with van der Waals surface area (Å²) in [6, 6.07) is 9.39. The average Bonchev–Trinajstić information content (AvgIpc) is 2.84. The molecule has 0 saturated heterocycles. The van der Waals surface area contributed by atoms with Gasteiger partial charge in [-0.2, -0.15) is 0 Å². The van der Waals surface area contributed by atoms with Crippen LogP contribution in [0, 0.1) is 0 Å². The Hall–Kier alpha value is -2.30. The number of amides is 1. The number of nitrogens with one attached hydrogen (secondary N) is 1. The molecule has 0 aliphatic carbocycles. The molecule has 1 N–H and O–H groups in total. The lowest BCUT2D eigenvalue weighted by molar-refractivity contribution is 0.136. The number of rotatable bonds is 4. The number of hydrogen-bond acceptors (Lipinski definition) is 3. The van der Waals surface area contributed by atoms with Gasteiger partial charge in [0.15, 0.2) is 0 Å². The molecule has 1 heterocycles. The molecule has 1 amide bonds. The first-order chi connectivity index (χ1) is 9.15. The van der Waals surface area contributed by atoms with E-state index in [9.17, 15) is 4.79 Å². The summed E-state index contributed by atoms with van der Waals surface area (Å²) in [5.41, 5.74) is 1.77. The van der Waals surface area contributed by atoms with E-state index < -0.39 is 6.09 Å². The molecule has 0 fully saturated rings. The van der Waals surface area contributed by atoms with Gasteiger partial charge in [0.05, 0.1) is 18.1 Å². The van der Waals surface area contributed by atoms with Gasteiger partial charge in [0.1, 0.15) is 6.61 Å². The van der Waals surface area contributed by atoms with E-state index in [1.54, 1.807) is 6.33 Å². The molecule has 1 aromatic heterocycles. The number of ether oxygens (including phenoxy) is 1. The molecule has 1 aromatic carbocycles. The van der Waals surface area contributed by atoms with E-state index in [2.05, 4.69) is 10.3 Å². The van der Waals surface area contributed by atoms with Crippen molar-refractivity contribution in [1.29, 1.82) is 0 Å². The van der Waals surface area contributed by atoms with E-state index in [4.69, 9.17) is 4.74 Å². The van der Waals surface area contributed by atoms with Crippen LogP contribution in [0.4, 0.5) is 4.79 Å². The monoisotopic (exact) mass is 259 g/mol. The number of benzene rings is 1. The summed E-state index contributed by atoms with van der Waals surface area (Å²) >= 11 is 0. The van der Waals surface area contributed by atoms with Crippen molar-refractivity contribution in [3.8, 4) is 0 Å². The number of carbonyl (C=O) groups is 1. The average molecular weight is 259 g/mol. The fourth-order valence-electron chi connectivity index (χ4n) is 1.67. The smallest absolute Gasteiger partial charge is 0.407 e. The van der Waals surface area contributed by atoms with E-state index in [0.29, 0.717) is 0 Å². The second-order valence-electron chi connectivity index (χ2n) is 4.39. The Morgan fingerprint density at radius 3 is 2.79 bits per heavy atom. The molecule has 1 atom stereocenters. The van der Waals surface area contributed by atoms with Gasteiger partial charge in [0.2, 0.25) is 0 Å². The highest BCUT2D eigenvalue weighted by atomic mass is 16.5. The highest BCUT2D eigenvalue weighted by molar-refractivity contribution is 5.67. The Morgan fingerprint density at radius 2 is 2.16 bits per heavy atom. The Bertz CT molecular complexity index is 537. The zero-order valence-corrected chi connectivity index (χ0v) is 11.0. The largest absolute Gasteiger partial charge is 0.445 e. The predicted molar refractivity (Wildman–Crippen MR) is 71.4 cm³/mol. The summed E-state index contributed by atoms with van der Waals surface area (Å²) in [5.74, 6) is 0. The van der Waals surface area contributed by atoms with E-state index in [1.165, 1.54) is 0 Å². The van der Waals surface area contributed by atoms with Crippen LogP contribution in [-0.2, 0) is 18.4 Å². The molecule has 19 heavy (non-hydrogen) atoms. The van der Waals surface area contributed by atoms with Gasteiger partial charge in [-0.05, 0) is 12.5 Å². The van der Waals surface area contributed by atoms with Crippen LogP contribution in [0.15, 0.2) is 42.9 Å². The van der Waals surface area contributed by atoms with Gasteiger partial charge >= 0.3 is 6.09 Å². The predicted octanol–water partition coefficient (Wildman–Crippen LogP) is 2.41. The molecule has 0 radical (unpaired) electrons. The van der Waals surface area contributed by atoms with Crippen LogP contribution in [0.25, 0.3) is 0 Å². The summed E-state index contributed by atoms with van der Waals surface area (Å²) in [5, 5.41) is 2.74. The van der Waals surface area contributed by atoms with Crippen molar-refractivity contribution in [3.63, 3.8) is 0 Å². The number of hydrogen-bond donors (Lipinski definition) is 1. The van der Waals surface area contributed by atoms with Gasteiger partial charge in [-0.25, -0.2) is 9.78 Å². The normalized spacial score (nSPS) is 11.9. The number of aryl methyl sites for hydroxylation is 1. The highest BCUT2D eigenvalue weighted by Crippen LogP contribution is 2.09. The lowest BCUT2D eigenvalue weighted by atomic mass is 10.2. The van der Waals surface area contributed by atoms with Crippen molar-refractivity contribution < 1.29 is 9.53 Å². The fourth-order valence-corrected chi connectivity index (χ4v) is 1.67. The maximum absolute atomic E-state index is 11.6. The first-order valence-electron chi connectivity index (χ1n) is 6.10. The van der Waals surface area contributed by atoms with E-state index in [1.807, 2.05) is 55.1 Å². The van der Waals surface area contributed by atoms with Gasteiger partial charge in [-0.1, -0.05) is 30.3 Å². The minimum atomic E-state index is -0.443. The van der Waals surface area contributed by atoms with Crippen LogP contribution in [0.3, 0.4) is 0 Å².